The third-order valence-electron chi connectivity index (χ3n) is 3.42. The van der Waals surface area contributed by atoms with Gasteiger partial charge >= 0.3 is 0 Å². The van der Waals surface area contributed by atoms with Crippen molar-refractivity contribution >= 4 is 0 Å². The van der Waals surface area contributed by atoms with Crippen LogP contribution in [0, 0.1) is 12.8 Å². The van der Waals surface area contributed by atoms with Crippen molar-refractivity contribution in [3.63, 3.8) is 0 Å². The van der Waals surface area contributed by atoms with E-state index < -0.39 is 0 Å². The molecule has 1 heterocycles. The molecule has 0 aliphatic rings. The van der Waals surface area contributed by atoms with Gasteiger partial charge in [-0.1, -0.05) is 19.9 Å². The molecule has 1 unspecified atom stereocenters. The van der Waals surface area contributed by atoms with Crippen LogP contribution in [0.5, 0.6) is 0 Å². The van der Waals surface area contributed by atoms with Gasteiger partial charge in [0.25, 0.3) is 0 Å². The van der Waals surface area contributed by atoms with Crippen LogP contribution in [0.3, 0.4) is 0 Å². The lowest BCUT2D eigenvalue weighted by molar-refractivity contribution is 0.163. The molecule has 1 rings (SSSR count). The van der Waals surface area contributed by atoms with Gasteiger partial charge in [0.05, 0.1) is 0 Å². The maximum Gasteiger partial charge on any atom is 0.0486 e. The fourth-order valence-electron chi connectivity index (χ4n) is 2.34. The molecule has 1 aromatic rings. The number of rotatable bonds is 8. The summed E-state index contributed by atoms with van der Waals surface area (Å²) in [6, 6.07) is 4.48. The normalized spacial score (nSPS) is 13.4. The quantitative estimate of drug-likeness (QED) is 0.789. The van der Waals surface area contributed by atoms with E-state index in [0.717, 1.165) is 25.3 Å². The van der Waals surface area contributed by atoms with Gasteiger partial charge in [0.15, 0.2) is 0 Å². The molecule has 0 amide bonds. The summed E-state index contributed by atoms with van der Waals surface area (Å²) in [5.74, 6) is 0.629. The number of likely N-dealkylation sites (N-methyl/N-ethyl adjacent to an activating group) is 1. The molecule has 0 aliphatic heterocycles. The van der Waals surface area contributed by atoms with E-state index in [4.69, 9.17) is 5.73 Å². The zero-order valence-electron chi connectivity index (χ0n) is 13.6. The molecule has 1 aromatic heterocycles. The Morgan fingerprint density at radius 1 is 1.20 bits per heavy atom. The van der Waals surface area contributed by atoms with E-state index in [-0.39, 0.29) is 6.04 Å². The van der Waals surface area contributed by atoms with Crippen molar-refractivity contribution in [1.82, 2.24) is 14.8 Å². The molecule has 0 bridgehead atoms. The van der Waals surface area contributed by atoms with Crippen LogP contribution in [0.15, 0.2) is 18.3 Å². The first-order valence-corrected chi connectivity index (χ1v) is 7.45. The summed E-state index contributed by atoms with van der Waals surface area (Å²) < 4.78 is 0. The maximum absolute atomic E-state index is 6.04. The number of aryl methyl sites for hydroxylation is 1. The Bertz CT molecular complexity index is 373. The minimum Gasteiger partial charge on any atom is -0.329 e. The molecule has 114 valence electrons. The Labute approximate surface area is 124 Å². The standard InChI is InChI=1S/C16H30N4/c1-13(2)12-20(9-8-19(4)5)16(10-17)15-7-6-14(3)18-11-15/h6-7,11,13,16H,8-10,12,17H2,1-5H3. The molecular weight excluding hydrogens is 248 g/mol. The maximum atomic E-state index is 6.04. The minimum atomic E-state index is 0.255. The predicted molar refractivity (Wildman–Crippen MR) is 85.7 cm³/mol. The summed E-state index contributed by atoms with van der Waals surface area (Å²) in [6.07, 6.45) is 1.97. The fourth-order valence-corrected chi connectivity index (χ4v) is 2.34. The van der Waals surface area contributed by atoms with Crippen LogP contribution in [0.2, 0.25) is 0 Å². The molecule has 1 atom stereocenters. The van der Waals surface area contributed by atoms with Gasteiger partial charge in [0, 0.05) is 44.1 Å². The highest BCUT2D eigenvalue weighted by molar-refractivity contribution is 5.17. The van der Waals surface area contributed by atoms with E-state index in [1.54, 1.807) is 0 Å². The van der Waals surface area contributed by atoms with Crippen molar-refractivity contribution in [3.05, 3.63) is 29.6 Å². The van der Waals surface area contributed by atoms with Gasteiger partial charge in [0.1, 0.15) is 0 Å². The Hall–Kier alpha value is -0.970. The van der Waals surface area contributed by atoms with Crippen LogP contribution >= 0.6 is 0 Å². The molecule has 4 heteroatoms. The first-order valence-electron chi connectivity index (χ1n) is 7.45. The van der Waals surface area contributed by atoms with E-state index in [0.29, 0.717) is 12.5 Å². The topological polar surface area (TPSA) is 45.4 Å². The van der Waals surface area contributed by atoms with Crippen LogP contribution < -0.4 is 5.73 Å². The van der Waals surface area contributed by atoms with Crippen LogP contribution in [0.4, 0.5) is 0 Å². The number of nitrogens with two attached hydrogens (primary N) is 1. The Morgan fingerprint density at radius 2 is 1.90 bits per heavy atom. The van der Waals surface area contributed by atoms with Crippen molar-refractivity contribution < 1.29 is 0 Å². The first-order chi connectivity index (χ1) is 9.43. The van der Waals surface area contributed by atoms with Gasteiger partial charge in [-0.2, -0.15) is 0 Å². The van der Waals surface area contributed by atoms with E-state index in [9.17, 15) is 0 Å². The Morgan fingerprint density at radius 3 is 2.35 bits per heavy atom. The molecule has 0 aliphatic carbocycles. The van der Waals surface area contributed by atoms with Gasteiger partial charge < -0.3 is 10.6 Å². The van der Waals surface area contributed by atoms with E-state index in [2.05, 4.69) is 54.9 Å². The molecule has 0 saturated carbocycles. The van der Waals surface area contributed by atoms with Crippen LogP contribution in [0.25, 0.3) is 0 Å². The smallest absolute Gasteiger partial charge is 0.0486 e. The monoisotopic (exact) mass is 278 g/mol. The third kappa shape index (κ3) is 5.57. The molecule has 20 heavy (non-hydrogen) atoms. The molecule has 0 aromatic carbocycles. The fraction of sp³-hybridized carbons (Fsp3) is 0.688. The average Bonchev–Trinajstić information content (AvgIpc) is 2.38. The van der Waals surface area contributed by atoms with Crippen molar-refractivity contribution in [3.8, 4) is 0 Å². The Kier molecular flexibility index (Phi) is 7.13. The number of hydrogen-bond acceptors (Lipinski definition) is 4. The van der Waals surface area contributed by atoms with Gasteiger partial charge in [0.2, 0.25) is 0 Å². The minimum absolute atomic E-state index is 0.255. The number of nitrogens with zero attached hydrogens (tertiary/aromatic N) is 3. The summed E-state index contributed by atoms with van der Waals surface area (Å²) in [5.41, 5.74) is 8.31. The molecule has 4 nitrogen and oxygen atoms in total. The van der Waals surface area contributed by atoms with E-state index in [1.165, 1.54) is 5.56 Å². The molecule has 0 fully saturated rings. The summed E-state index contributed by atoms with van der Waals surface area (Å²) in [4.78, 5) is 9.11. The second-order valence-corrected chi connectivity index (χ2v) is 6.18. The predicted octanol–water partition coefficient (Wildman–Crippen LogP) is 1.91. The Balaban J connectivity index is 2.85. The van der Waals surface area contributed by atoms with E-state index >= 15 is 0 Å². The number of pyridine rings is 1. The lowest BCUT2D eigenvalue weighted by Gasteiger charge is -2.33. The lowest BCUT2D eigenvalue weighted by atomic mass is 10.1. The van der Waals surface area contributed by atoms with Gasteiger partial charge in [-0.15, -0.1) is 0 Å². The lowest BCUT2D eigenvalue weighted by Crippen LogP contribution is -2.40. The average molecular weight is 278 g/mol. The van der Waals surface area contributed by atoms with Crippen molar-refractivity contribution in [2.75, 3.05) is 40.3 Å². The molecule has 0 saturated heterocycles. The van der Waals surface area contributed by atoms with E-state index in [1.807, 2.05) is 13.1 Å². The third-order valence-corrected chi connectivity index (χ3v) is 3.42. The molecule has 0 spiro atoms. The second kappa shape index (κ2) is 8.35. The largest absolute Gasteiger partial charge is 0.329 e. The second-order valence-electron chi connectivity index (χ2n) is 6.18. The summed E-state index contributed by atoms with van der Waals surface area (Å²) in [6.45, 7) is 10.3. The van der Waals surface area contributed by atoms with Gasteiger partial charge in [-0.05, 0) is 38.6 Å². The summed E-state index contributed by atoms with van der Waals surface area (Å²) >= 11 is 0. The molecule has 0 radical (unpaired) electrons. The van der Waals surface area contributed by atoms with Crippen LogP contribution in [-0.4, -0.2) is 55.1 Å². The summed E-state index contributed by atoms with van der Waals surface area (Å²) in [5, 5.41) is 0. The summed E-state index contributed by atoms with van der Waals surface area (Å²) in [7, 11) is 4.22. The van der Waals surface area contributed by atoms with Gasteiger partial charge in [-0.25, -0.2) is 0 Å². The number of aromatic nitrogens is 1. The van der Waals surface area contributed by atoms with Crippen molar-refractivity contribution in [1.29, 1.82) is 0 Å². The highest BCUT2D eigenvalue weighted by atomic mass is 15.2. The first kappa shape index (κ1) is 17.1. The van der Waals surface area contributed by atoms with Crippen LogP contribution in [-0.2, 0) is 0 Å². The zero-order valence-corrected chi connectivity index (χ0v) is 13.6. The molecular formula is C16H30N4. The van der Waals surface area contributed by atoms with Crippen molar-refractivity contribution in [2.45, 2.75) is 26.8 Å². The highest BCUT2D eigenvalue weighted by Crippen LogP contribution is 2.20. The van der Waals surface area contributed by atoms with Crippen LogP contribution in [0.1, 0.15) is 31.1 Å². The zero-order chi connectivity index (χ0) is 15.1. The van der Waals surface area contributed by atoms with Crippen molar-refractivity contribution in [2.24, 2.45) is 11.7 Å². The highest BCUT2D eigenvalue weighted by Gasteiger charge is 2.20. The number of hydrogen-bond donors (Lipinski definition) is 1. The SMILES string of the molecule is Cc1ccc(C(CN)N(CCN(C)C)CC(C)C)cn1. The molecule has 2 N–H and O–H groups in total. The van der Waals surface area contributed by atoms with Gasteiger partial charge in [-0.3, -0.25) is 9.88 Å².